The molecule has 0 radical (unpaired) electrons. The van der Waals surface area contributed by atoms with Gasteiger partial charge >= 0.3 is 0 Å². The van der Waals surface area contributed by atoms with Crippen LogP contribution in [0, 0.1) is 23.6 Å². The van der Waals surface area contributed by atoms with E-state index >= 15 is 0 Å². The third-order valence-corrected chi connectivity index (χ3v) is 7.54. The smallest absolute Gasteiger partial charge is 0.292 e. The number of rotatable bonds is 3. The summed E-state index contributed by atoms with van der Waals surface area (Å²) in [6.07, 6.45) is 7.57. The zero-order valence-electron chi connectivity index (χ0n) is 22.2. The molecule has 0 spiro atoms. The molecule has 0 saturated carbocycles. The van der Waals surface area contributed by atoms with E-state index in [0.717, 1.165) is 18.8 Å². The molecule has 10 nitrogen and oxygen atoms in total. The quantitative estimate of drug-likeness (QED) is 0.362. The number of amides is 1. The maximum atomic E-state index is 14.5. The lowest BCUT2D eigenvalue weighted by molar-refractivity contribution is -0.121. The van der Waals surface area contributed by atoms with Crippen LogP contribution in [0.5, 0.6) is 5.75 Å². The normalized spacial score (nSPS) is 15.3. The summed E-state index contributed by atoms with van der Waals surface area (Å²) in [4.78, 5) is 30.2. The second-order valence-corrected chi connectivity index (χ2v) is 11.2. The van der Waals surface area contributed by atoms with Crippen LogP contribution >= 0.6 is 23.1 Å². The molecule has 0 bridgehead atoms. The summed E-state index contributed by atoms with van der Waals surface area (Å²) < 4.78 is 27.5. The van der Waals surface area contributed by atoms with Gasteiger partial charge in [-0.3, -0.25) is 14.5 Å². The first-order chi connectivity index (χ1) is 19.6. The molecule has 1 amide bonds. The number of ether oxygens (including phenoxy) is 1. The molecule has 2 aliphatic rings. The van der Waals surface area contributed by atoms with E-state index in [4.69, 9.17) is 28.5 Å². The van der Waals surface area contributed by atoms with Crippen LogP contribution in [0.3, 0.4) is 0 Å². The third-order valence-electron chi connectivity index (χ3n) is 6.38. The van der Waals surface area contributed by atoms with E-state index in [1.165, 1.54) is 39.4 Å². The van der Waals surface area contributed by atoms with E-state index in [9.17, 15) is 14.0 Å². The summed E-state index contributed by atoms with van der Waals surface area (Å²) in [6, 6.07) is 11.8. The van der Waals surface area contributed by atoms with Crippen molar-refractivity contribution < 1.29 is 13.9 Å². The zero-order valence-corrected chi connectivity index (χ0v) is 23.7. The van der Waals surface area contributed by atoms with Crippen molar-refractivity contribution in [1.29, 1.82) is 0 Å². The first kappa shape index (κ1) is 28.1. The number of hydrogen-bond acceptors (Lipinski definition) is 8. The van der Waals surface area contributed by atoms with Crippen LogP contribution in [-0.4, -0.2) is 37.8 Å². The molecule has 0 aliphatic carbocycles. The fourth-order valence-electron chi connectivity index (χ4n) is 4.44. The first-order valence-corrected chi connectivity index (χ1v) is 13.6. The number of anilines is 2. The fraction of sp³-hybridized carbons (Fsp3) is 0.250. The highest BCUT2D eigenvalue weighted by molar-refractivity contribution is 7.02. The van der Waals surface area contributed by atoms with Crippen molar-refractivity contribution in [2.24, 2.45) is 10.4 Å². The topological polar surface area (TPSA) is 121 Å². The molecule has 2 aromatic carbocycles. The Labute approximate surface area is 243 Å². The van der Waals surface area contributed by atoms with Crippen LogP contribution in [0.4, 0.5) is 21.5 Å². The van der Waals surface area contributed by atoms with Crippen molar-refractivity contribution in [1.82, 2.24) is 18.7 Å². The predicted octanol–water partition coefficient (Wildman–Crippen LogP) is 3.73. The van der Waals surface area contributed by atoms with Crippen molar-refractivity contribution in [3.63, 3.8) is 0 Å². The SMILES string of the molecule is C#CCN1C(=O)COc2cc(F)c(/N=c3\snc4n3CC(C)(C)C4)cc21.Nc1cnn(-c2ccccc2)c(=O)c1Cl. The molecule has 0 saturated heterocycles. The van der Waals surface area contributed by atoms with Crippen molar-refractivity contribution >= 4 is 46.1 Å². The molecule has 4 heterocycles. The summed E-state index contributed by atoms with van der Waals surface area (Å²) in [7, 11) is 0. The maximum Gasteiger partial charge on any atom is 0.292 e. The van der Waals surface area contributed by atoms with Crippen LogP contribution in [-0.2, 0) is 17.8 Å². The number of carbonyl (C=O) groups is 1. The number of para-hydroxylation sites is 1. The molecule has 0 fully saturated rings. The van der Waals surface area contributed by atoms with Gasteiger partial charge in [0, 0.05) is 30.6 Å². The van der Waals surface area contributed by atoms with Crippen molar-refractivity contribution in [3.8, 4) is 23.8 Å². The number of nitrogens with zero attached hydrogens (tertiary/aromatic N) is 6. The number of hydrogen-bond donors (Lipinski definition) is 1. The van der Waals surface area contributed by atoms with E-state index in [-0.39, 0.29) is 40.9 Å². The molecule has 2 aromatic heterocycles. The summed E-state index contributed by atoms with van der Waals surface area (Å²) in [5.74, 6) is 2.92. The highest BCUT2D eigenvalue weighted by Gasteiger charge is 2.31. The van der Waals surface area contributed by atoms with Gasteiger partial charge < -0.3 is 15.0 Å². The Morgan fingerprint density at radius 1 is 1.27 bits per heavy atom. The summed E-state index contributed by atoms with van der Waals surface area (Å²) >= 11 is 6.98. The Morgan fingerprint density at radius 2 is 2.02 bits per heavy atom. The molecule has 2 aliphatic heterocycles. The number of benzene rings is 2. The molecule has 0 unspecified atom stereocenters. The Bertz CT molecular complexity index is 1810. The van der Waals surface area contributed by atoms with Gasteiger partial charge in [0.2, 0.25) is 4.80 Å². The highest BCUT2D eigenvalue weighted by Crippen LogP contribution is 2.37. The van der Waals surface area contributed by atoms with E-state index in [1.807, 2.05) is 22.8 Å². The number of nitrogen functional groups attached to an aromatic ring is 1. The number of carbonyl (C=O) groups excluding carboxylic acids is 1. The molecular formula is C28H25ClFN7O3S. The molecule has 13 heteroatoms. The summed E-state index contributed by atoms with van der Waals surface area (Å²) in [6.45, 7) is 5.05. The Hall–Kier alpha value is -4.47. The van der Waals surface area contributed by atoms with Gasteiger partial charge in [-0.2, -0.15) is 14.2 Å². The monoisotopic (exact) mass is 593 g/mol. The zero-order chi connectivity index (χ0) is 29.3. The number of halogens is 2. The van der Waals surface area contributed by atoms with Gasteiger partial charge in [0.25, 0.3) is 11.5 Å². The van der Waals surface area contributed by atoms with Crippen LogP contribution < -0.4 is 25.7 Å². The number of aromatic nitrogens is 4. The molecular weight excluding hydrogens is 569 g/mol. The minimum Gasteiger partial charge on any atom is -0.481 e. The van der Waals surface area contributed by atoms with Gasteiger partial charge in [0.1, 0.15) is 22.3 Å². The van der Waals surface area contributed by atoms with Gasteiger partial charge in [-0.15, -0.1) is 6.42 Å². The minimum absolute atomic E-state index is 0.00569. The Kier molecular flexibility index (Phi) is 7.66. The number of nitrogens with two attached hydrogens (primary N) is 1. The predicted molar refractivity (Wildman–Crippen MR) is 155 cm³/mol. The lowest BCUT2D eigenvalue weighted by Gasteiger charge is -2.28. The lowest BCUT2D eigenvalue weighted by Crippen LogP contribution is -2.39. The minimum atomic E-state index is -0.515. The van der Waals surface area contributed by atoms with Crippen molar-refractivity contribution in [2.45, 2.75) is 26.8 Å². The second-order valence-electron chi connectivity index (χ2n) is 10.1. The average Bonchev–Trinajstić information content (AvgIpc) is 3.45. The number of fused-ring (bicyclic) bond motifs is 2. The lowest BCUT2D eigenvalue weighted by atomic mass is 9.92. The molecule has 210 valence electrons. The largest absolute Gasteiger partial charge is 0.481 e. The highest BCUT2D eigenvalue weighted by atomic mass is 35.5. The molecule has 2 N–H and O–H groups in total. The molecule has 4 aromatic rings. The van der Waals surface area contributed by atoms with Crippen molar-refractivity contribution in [3.05, 3.63) is 80.5 Å². The van der Waals surface area contributed by atoms with Gasteiger partial charge in [-0.25, -0.2) is 9.38 Å². The molecule has 6 rings (SSSR count). The molecule has 41 heavy (non-hydrogen) atoms. The maximum absolute atomic E-state index is 14.5. The Balaban J connectivity index is 0.000000191. The number of terminal acetylenes is 1. The van der Waals surface area contributed by atoms with E-state index in [1.54, 1.807) is 12.1 Å². The summed E-state index contributed by atoms with van der Waals surface area (Å²) in [5, 5.41) is 3.90. The van der Waals surface area contributed by atoms with Crippen LogP contribution in [0.15, 0.2) is 58.4 Å². The van der Waals surface area contributed by atoms with Crippen LogP contribution in [0.1, 0.15) is 19.7 Å². The van der Waals surface area contributed by atoms with E-state index < -0.39 is 11.4 Å². The average molecular weight is 594 g/mol. The van der Waals surface area contributed by atoms with E-state index in [2.05, 4.69) is 34.2 Å². The van der Waals surface area contributed by atoms with Crippen LogP contribution in [0.25, 0.3) is 5.69 Å². The molecule has 0 atom stereocenters. The van der Waals surface area contributed by atoms with Gasteiger partial charge in [0.05, 0.1) is 29.8 Å². The van der Waals surface area contributed by atoms with Crippen molar-refractivity contribution in [2.75, 3.05) is 23.8 Å². The first-order valence-electron chi connectivity index (χ1n) is 12.5. The Morgan fingerprint density at radius 3 is 2.76 bits per heavy atom. The summed E-state index contributed by atoms with van der Waals surface area (Å²) in [5.41, 5.74) is 6.57. The van der Waals surface area contributed by atoms with Gasteiger partial charge in [-0.1, -0.05) is 49.6 Å². The van der Waals surface area contributed by atoms with E-state index in [0.29, 0.717) is 21.9 Å². The van der Waals surface area contributed by atoms with Gasteiger partial charge in [-0.05, 0) is 23.6 Å². The fourth-order valence-corrected chi connectivity index (χ4v) is 5.33. The standard InChI is InChI=1S/C18H17FN4O2S.C10H8ClN3O/c1-4-5-22-13-7-12(11(19)6-14(13)25-9-16(22)24)20-17-23-10-18(2,3)8-15(23)21-26-17;11-9-8(12)6-13-14(10(9)15)7-4-2-1-3-5-7/h1,6-7H,5,8-10H2,2-3H3;1-6H,12H2/b20-17-;. The third kappa shape index (κ3) is 5.73. The van der Waals surface area contributed by atoms with Gasteiger partial charge in [0.15, 0.2) is 12.4 Å². The van der Waals surface area contributed by atoms with Crippen LogP contribution in [0.2, 0.25) is 5.02 Å². The second kappa shape index (κ2) is 11.2.